The van der Waals surface area contributed by atoms with Crippen molar-refractivity contribution in [3.63, 3.8) is 0 Å². The van der Waals surface area contributed by atoms with E-state index in [1.165, 1.54) is 0 Å². The van der Waals surface area contributed by atoms with Crippen LogP contribution in [0.5, 0.6) is 5.75 Å². The number of benzene rings is 1. The number of rotatable bonds is 8. The van der Waals surface area contributed by atoms with E-state index >= 15 is 0 Å². The second-order valence-electron chi connectivity index (χ2n) is 6.34. The summed E-state index contributed by atoms with van der Waals surface area (Å²) >= 11 is -0.750. The maximum Gasteiger partial charge on any atom is 0.335 e. The lowest BCUT2D eigenvalue weighted by Crippen LogP contribution is -2.21. The van der Waals surface area contributed by atoms with Crippen molar-refractivity contribution in [3.05, 3.63) is 36.0 Å². The molecule has 0 aliphatic carbocycles. The Balaban J connectivity index is 0.00000132. The molecule has 1 aromatic carbocycles. The van der Waals surface area contributed by atoms with Gasteiger partial charge in [-0.2, -0.15) is 13.4 Å². The van der Waals surface area contributed by atoms with Crippen LogP contribution >= 0.6 is 0 Å². The largest absolute Gasteiger partial charge is 0.491 e. The van der Waals surface area contributed by atoms with Crippen LogP contribution in [0.2, 0.25) is 0 Å². The van der Waals surface area contributed by atoms with Gasteiger partial charge >= 0.3 is 17.6 Å². The van der Waals surface area contributed by atoms with Crippen molar-refractivity contribution in [1.29, 1.82) is 0 Å². The molecule has 2 aromatic rings. The summed E-state index contributed by atoms with van der Waals surface area (Å²) in [6.45, 7) is 8.76. The molecule has 0 aliphatic heterocycles. The molecule has 10 heteroatoms. The minimum absolute atomic E-state index is 0.107. The SMILES string of the molecule is CCCCNc1cc(C)nc(NC(=O)Nc2ccc(OC(C)C)cc2)n1.O=S=O. The maximum atomic E-state index is 12.2. The molecule has 0 saturated heterocycles. The number of carbonyl (C=O) groups excluding carboxylic acids is 1. The summed E-state index contributed by atoms with van der Waals surface area (Å²) in [6, 6.07) is 8.65. The summed E-state index contributed by atoms with van der Waals surface area (Å²) < 4.78 is 22.2. The van der Waals surface area contributed by atoms with Gasteiger partial charge in [-0.25, -0.2) is 9.78 Å². The van der Waals surface area contributed by atoms with Crippen LogP contribution in [0, 0.1) is 6.92 Å². The van der Waals surface area contributed by atoms with E-state index in [4.69, 9.17) is 13.2 Å². The van der Waals surface area contributed by atoms with Gasteiger partial charge in [-0.15, -0.1) is 0 Å². The highest BCUT2D eigenvalue weighted by molar-refractivity contribution is 7.51. The van der Waals surface area contributed by atoms with Crippen molar-refractivity contribution in [2.45, 2.75) is 46.6 Å². The number of aromatic nitrogens is 2. The molecule has 29 heavy (non-hydrogen) atoms. The number of hydrogen-bond donors (Lipinski definition) is 3. The van der Waals surface area contributed by atoms with E-state index in [1.807, 2.05) is 39.0 Å². The van der Waals surface area contributed by atoms with Crippen molar-refractivity contribution in [2.75, 3.05) is 22.5 Å². The average Bonchev–Trinajstić information content (AvgIpc) is 2.63. The highest BCUT2D eigenvalue weighted by atomic mass is 32.1. The number of urea groups is 1. The number of nitrogens with one attached hydrogen (secondary N) is 3. The molecule has 0 radical (unpaired) electrons. The number of amides is 2. The maximum absolute atomic E-state index is 12.2. The van der Waals surface area contributed by atoms with Crippen molar-refractivity contribution in [2.24, 2.45) is 0 Å². The van der Waals surface area contributed by atoms with E-state index < -0.39 is 17.6 Å². The van der Waals surface area contributed by atoms with Crippen LogP contribution in [-0.4, -0.2) is 37.1 Å². The van der Waals surface area contributed by atoms with Crippen LogP contribution < -0.4 is 20.7 Å². The van der Waals surface area contributed by atoms with Crippen LogP contribution in [-0.2, 0) is 11.6 Å². The second kappa shape index (κ2) is 13.2. The summed E-state index contributed by atoms with van der Waals surface area (Å²) in [5.74, 6) is 1.73. The zero-order valence-corrected chi connectivity index (χ0v) is 17.8. The fraction of sp³-hybridized carbons (Fsp3) is 0.421. The lowest BCUT2D eigenvalue weighted by Gasteiger charge is -2.11. The average molecular weight is 422 g/mol. The van der Waals surface area contributed by atoms with E-state index in [-0.39, 0.29) is 12.1 Å². The van der Waals surface area contributed by atoms with Gasteiger partial charge in [-0.05, 0) is 51.5 Å². The molecule has 0 aliphatic rings. The van der Waals surface area contributed by atoms with Crippen LogP contribution in [0.3, 0.4) is 0 Å². The first-order valence-corrected chi connectivity index (χ1v) is 9.90. The minimum Gasteiger partial charge on any atom is -0.491 e. The van der Waals surface area contributed by atoms with Gasteiger partial charge < -0.3 is 15.4 Å². The zero-order valence-electron chi connectivity index (χ0n) is 17.0. The molecule has 0 saturated carbocycles. The third-order valence-electron chi connectivity index (χ3n) is 3.40. The van der Waals surface area contributed by atoms with Gasteiger partial charge in [-0.1, -0.05) is 13.3 Å². The number of nitrogens with zero attached hydrogens (tertiary/aromatic N) is 2. The molecule has 1 aromatic heterocycles. The normalized spacial score (nSPS) is 9.83. The van der Waals surface area contributed by atoms with Gasteiger partial charge in [0.05, 0.1) is 6.10 Å². The van der Waals surface area contributed by atoms with Gasteiger partial charge in [0.25, 0.3) is 0 Å². The molecule has 0 unspecified atom stereocenters. The molecule has 3 N–H and O–H groups in total. The molecule has 0 spiro atoms. The van der Waals surface area contributed by atoms with Gasteiger partial charge in [-0.3, -0.25) is 5.32 Å². The highest BCUT2D eigenvalue weighted by Crippen LogP contribution is 2.17. The minimum atomic E-state index is -0.750. The molecule has 9 nitrogen and oxygen atoms in total. The van der Waals surface area contributed by atoms with E-state index in [2.05, 4.69) is 32.8 Å². The van der Waals surface area contributed by atoms with Crippen LogP contribution in [0.15, 0.2) is 30.3 Å². The van der Waals surface area contributed by atoms with E-state index in [1.54, 1.807) is 12.1 Å². The Hall–Kier alpha value is -3.01. The van der Waals surface area contributed by atoms with Gasteiger partial charge in [0.15, 0.2) is 0 Å². The second-order valence-corrected chi connectivity index (χ2v) is 6.47. The summed E-state index contributed by atoms with van der Waals surface area (Å²) in [5.41, 5.74) is 1.44. The monoisotopic (exact) mass is 421 g/mol. The third-order valence-corrected chi connectivity index (χ3v) is 3.40. The Bertz CT molecular complexity index is 809. The van der Waals surface area contributed by atoms with Gasteiger partial charge in [0.2, 0.25) is 5.95 Å². The Kier molecular flexibility index (Phi) is 10.9. The number of hydrogen-bond acceptors (Lipinski definition) is 7. The number of ether oxygens (including phenoxy) is 1. The molecule has 0 fully saturated rings. The van der Waals surface area contributed by atoms with Gasteiger partial charge in [0.1, 0.15) is 11.6 Å². The summed E-state index contributed by atoms with van der Waals surface area (Å²) in [5, 5.41) is 8.66. The highest BCUT2D eigenvalue weighted by Gasteiger charge is 2.08. The lowest BCUT2D eigenvalue weighted by atomic mass is 10.3. The molecule has 1 heterocycles. The van der Waals surface area contributed by atoms with Crippen molar-refractivity contribution in [3.8, 4) is 5.75 Å². The van der Waals surface area contributed by atoms with Crippen molar-refractivity contribution in [1.82, 2.24) is 9.97 Å². The van der Waals surface area contributed by atoms with Crippen molar-refractivity contribution >= 4 is 35.1 Å². The molecule has 0 atom stereocenters. The lowest BCUT2D eigenvalue weighted by molar-refractivity contribution is 0.242. The van der Waals surface area contributed by atoms with E-state index in [9.17, 15) is 4.79 Å². The standard InChI is InChI=1S/C19H27N5O2.O2S/c1-5-6-11-20-17-12-14(4)21-18(23-17)24-19(25)22-15-7-9-16(10-8-15)26-13(2)3;1-3-2/h7-10,12-13H,5-6,11H2,1-4H3,(H3,20,21,22,23,24,25);. The van der Waals surface area contributed by atoms with Crippen molar-refractivity contribution < 1.29 is 17.9 Å². The van der Waals surface area contributed by atoms with E-state index in [0.717, 1.165) is 30.8 Å². The predicted octanol–water partition coefficient (Wildman–Crippen LogP) is 3.76. The number of carbonyl (C=O) groups is 1. The molecular formula is C19H27N5O4S. The zero-order chi connectivity index (χ0) is 21.6. The fourth-order valence-corrected chi connectivity index (χ4v) is 2.26. The third kappa shape index (κ3) is 10.2. The summed E-state index contributed by atoms with van der Waals surface area (Å²) in [7, 11) is 0. The van der Waals surface area contributed by atoms with Crippen LogP contribution in [0.1, 0.15) is 39.3 Å². The molecule has 158 valence electrons. The summed E-state index contributed by atoms with van der Waals surface area (Å²) in [4.78, 5) is 20.7. The number of aryl methyl sites for hydroxylation is 1. The molecule has 0 bridgehead atoms. The topological polar surface area (TPSA) is 122 Å². The quantitative estimate of drug-likeness (QED) is 0.555. The fourth-order valence-electron chi connectivity index (χ4n) is 2.26. The Morgan fingerprint density at radius 2 is 1.79 bits per heavy atom. The van der Waals surface area contributed by atoms with Crippen LogP contribution in [0.25, 0.3) is 0 Å². The Labute approximate surface area is 174 Å². The molecule has 2 rings (SSSR count). The Morgan fingerprint density at radius 3 is 2.38 bits per heavy atom. The molecule has 2 amide bonds. The predicted molar refractivity (Wildman–Crippen MR) is 114 cm³/mol. The number of unbranched alkanes of at least 4 members (excludes halogenated alkanes) is 1. The van der Waals surface area contributed by atoms with E-state index in [0.29, 0.717) is 11.5 Å². The first-order valence-electron chi connectivity index (χ1n) is 9.24. The van der Waals surface area contributed by atoms with Gasteiger partial charge in [0, 0.05) is 24.0 Å². The smallest absolute Gasteiger partial charge is 0.335 e. The Morgan fingerprint density at radius 1 is 1.14 bits per heavy atom. The summed E-state index contributed by atoms with van der Waals surface area (Å²) in [6.07, 6.45) is 2.27. The first kappa shape index (κ1) is 24.0. The first-order chi connectivity index (χ1) is 13.9. The molecular weight excluding hydrogens is 394 g/mol. The van der Waals surface area contributed by atoms with Crippen LogP contribution in [0.4, 0.5) is 22.2 Å². The number of anilines is 3.